The lowest BCUT2D eigenvalue weighted by Crippen LogP contribution is -2.20. The Balaban J connectivity index is 1.68. The second-order valence-electron chi connectivity index (χ2n) is 5.47. The Kier molecular flexibility index (Phi) is 4.38. The highest BCUT2D eigenvalue weighted by Crippen LogP contribution is 2.28. The Morgan fingerprint density at radius 2 is 2.09 bits per heavy atom. The van der Waals surface area contributed by atoms with Crippen LogP contribution in [0.4, 0.5) is 5.69 Å². The van der Waals surface area contributed by atoms with Crippen LogP contribution in [0, 0.1) is 5.92 Å². The van der Waals surface area contributed by atoms with Gasteiger partial charge < -0.3 is 15.2 Å². The van der Waals surface area contributed by atoms with Gasteiger partial charge in [0.25, 0.3) is 0 Å². The van der Waals surface area contributed by atoms with E-state index in [-0.39, 0.29) is 18.2 Å². The van der Waals surface area contributed by atoms with Crippen molar-refractivity contribution < 1.29 is 19.4 Å². The normalized spacial score (nSPS) is 13.7. The lowest BCUT2D eigenvalue weighted by atomic mass is 10.2. The number of nitrogens with one attached hydrogen (secondary N) is 1. The van der Waals surface area contributed by atoms with E-state index >= 15 is 0 Å². The van der Waals surface area contributed by atoms with E-state index in [0.29, 0.717) is 23.9 Å². The van der Waals surface area contributed by atoms with Crippen LogP contribution < -0.4 is 5.32 Å². The summed E-state index contributed by atoms with van der Waals surface area (Å²) in [4.78, 5) is 22.9. The third-order valence-electron chi connectivity index (χ3n) is 3.52. The van der Waals surface area contributed by atoms with Gasteiger partial charge in [0.1, 0.15) is 6.61 Å². The van der Waals surface area contributed by atoms with Crippen LogP contribution in [0.5, 0.6) is 0 Å². The summed E-state index contributed by atoms with van der Waals surface area (Å²) in [5.41, 5.74) is 1.09. The minimum absolute atomic E-state index is 0.00428. The minimum Gasteiger partial charge on any atom is -0.476 e. The molecule has 1 aliphatic rings. The highest BCUT2D eigenvalue weighted by Gasteiger charge is 2.21. The van der Waals surface area contributed by atoms with Gasteiger partial charge in [-0.25, -0.2) is 9.48 Å². The first-order chi connectivity index (χ1) is 11.1. The van der Waals surface area contributed by atoms with Crippen molar-refractivity contribution in [2.45, 2.75) is 12.8 Å². The first-order valence-electron chi connectivity index (χ1n) is 7.39. The molecule has 2 aromatic rings. The summed E-state index contributed by atoms with van der Waals surface area (Å²) >= 11 is 0. The summed E-state index contributed by atoms with van der Waals surface area (Å²) in [6.07, 6.45) is 3.89. The van der Waals surface area contributed by atoms with Gasteiger partial charge in [0.2, 0.25) is 5.91 Å². The van der Waals surface area contributed by atoms with Gasteiger partial charge in [-0.3, -0.25) is 4.79 Å². The number of hydrogen-bond acceptors (Lipinski definition) is 4. The van der Waals surface area contributed by atoms with Crippen LogP contribution in [0.1, 0.15) is 23.3 Å². The Morgan fingerprint density at radius 1 is 1.30 bits per heavy atom. The number of para-hydroxylation sites is 2. The van der Waals surface area contributed by atoms with Crippen LogP contribution in [0.3, 0.4) is 0 Å². The number of ether oxygens (including phenoxy) is 1. The fraction of sp³-hybridized carbons (Fsp3) is 0.312. The standard InChI is InChI=1S/C16H17N3O4/c20-15(10-23-9-11-5-6-11)17-12-3-1-2-4-14(12)19-8-7-13(18-19)16(21)22/h1-4,7-8,11H,5-6,9-10H2,(H,17,20)(H,21,22). The summed E-state index contributed by atoms with van der Waals surface area (Å²) in [7, 11) is 0. The topological polar surface area (TPSA) is 93.5 Å². The van der Waals surface area contributed by atoms with Crippen LogP contribution in [-0.2, 0) is 9.53 Å². The van der Waals surface area contributed by atoms with Crippen molar-refractivity contribution in [3.8, 4) is 5.69 Å². The van der Waals surface area contributed by atoms with Crippen LogP contribution >= 0.6 is 0 Å². The molecular formula is C16H17N3O4. The quantitative estimate of drug-likeness (QED) is 0.814. The third kappa shape index (κ3) is 3.95. The monoisotopic (exact) mass is 315 g/mol. The van der Waals surface area contributed by atoms with Gasteiger partial charge in [0.05, 0.1) is 18.0 Å². The molecule has 120 valence electrons. The Bertz CT molecular complexity index is 722. The predicted octanol–water partition coefficient (Wildman–Crippen LogP) is 1.94. The highest BCUT2D eigenvalue weighted by atomic mass is 16.5. The van der Waals surface area contributed by atoms with E-state index in [2.05, 4.69) is 10.4 Å². The molecule has 0 radical (unpaired) electrons. The van der Waals surface area contributed by atoms with Crippen LogP contribution in [0.2, 0.25) is 0 Å². The Labute approximate surface area is 132 Å². The van der Waals surface area contributed by atoms with Crippen LogP contribution in [0.25, 0.3) is 5.69 Å². The molecule has 1 fully saturated rings. The molecule has 0 bridgehead atoms. The number of carboxylic acid groups (broad SMARTS) is 1. The molecule has 0 saturated heterocycles. The van der Waals surface area contributed by atoms with Gasteiger partial charge in [0.15, 0.2) is 5.69 Å². The second-order valence-corrected chi connectivity index (χ2v) is 5.47. The molecule has 1 amide bonds. The largest absolute Gasteiger partial charge is 0.476 e. The lowest BCUT2D eigenvalue weighted by Gasteiger charge is -2.11. The summed E-state index contributed by atoms with van der Waals surface area (Å²) in [5, 5.41) is 15.7. The van der Waals surface area contributed by atoms with E-state index in [1.54, 1.807) is 24.3 Å². The molecule has 1 saturated carbocycles. The lowest BCUT2D eigenvalue weighted by molar-refractivity contribution is -0.120. The van der Waals surface area contributed by atoms with Gasteiger partial charge >= 0.3 is 5.97 Å². The molecule has 1 aliphatic carbocycles. The molecule has 0 unspecified atom stereocenters. The molecule has 0 aliphatic heterocycles. The molecule has 3 rings (SSSR count). The molecule has 2 N–H and O–H groups in total. The van der Waals surface area contributed by atoms with Crippen LogP contribution in [0.15, 0.2) is 36.5 Å². The van der Waals surface area contributed by atoms with Crippen molar-refractivity contribution in [1.82, 2.24) is 9.78 Å². The predicted molar refractivity (Wildman–Crippen MR) is 82.7 cm³/mol. The second kappa shape index (κ2) is 6.62. The van der Waals surface area contributed by atoms with Gasteiger partial charge in [-0.1, -0.05) is 12.1 Å². The molecule has 23 heavy (non-hydrogen) atoms. The SMILES string of the molecule is O=C(COCC1CC1)Nc1ccccc1-n1ccc(C(=O)O)n1. The van der Waals surface area contributed by atoms with Crippen molar-refractivity contribution in [2.75, 3.05) is 18.5 Å². The number of carbonyl (C=O) groups excluding carboxylic acids is 1. The molecular weight excluding hydrogens is 298 g/mol. The molecule has 1 aromatic carbocycles. The first-order valence-corrected chi connectivity index (χ1v) is 7.39. The zero-order valence-corrected chi connectivity index (χ0v) is 12.4. The van der Waals surface area contributed by atoms with E-state index in [1.165, 1.54) is 29.8 Å². The number of aromatic carboxylic acids is 1. The van der Waals surface area contributed by atoms with E-state index in [0.717, 1.165) is 0 Å². The fourth-order valence-electron chi connectivity index (χ4n) is 2.14. The molecule has 0 spiro atoms. The molecule has 1 heterocycles. The fourth-order valence-corrected chi connectivity index (χ4v) is 2.14. The number of rotatable bonds is 7. The molecule has 7 heteroatoms. The van der Waals surface area contributed by atoms with E-state index in [9.17, 15) is 9.59 Å². The van der Waals surface area contributed by atoms with Crippen molar-refractivity contribution >= 4 is 17.6 Å². The molecule has 0 atom stereocenters. The van der Waals surface area contributed by atoms with Crippen molar-refractivity contribution in [3.05, 3.63) is 42.2 Å². The van der Waals surface area contributed by atoms with Crippen LogP contribution in [-0.4, -0.2) is 40.0 Å². The molecule has 7 nitrogen and oxygen atoms in total. The van der Waals surface area contributed by atoms with E-state index in [4.69, 9.17) is 9.84 Å². The third-order valence-corrected chi connectivity index (χ3v) is 3.52. The zero-order valence-electron chi connectivity index (χ0n) is 12.4. The van der Waals surface area contributed by atoms with Gasteiger partial charge in [-0.15, -0.1) is 0 Å². The van der Waals surface area contributed by atoms with E-state index in [1.807, 2.05) is 0 Å². The summed E-state index contributed by atoms with van der Waals surface area (Å²) in [6, 6.07) is 8.46. The number of hydrogen-bond donors (Lipinski definition) is 2. The number of nitrogens with zero attached hydrogens (tertiary/aromatic N) is 2. The van der Waals surface area contributed by atoms with Gasteiger partial charge in [-0.2, -0.15) is 5.10 Å². The summed E-state index contributed by atoms with van der Waals surface area (Å²) in [6.45, 7) is 0.626. The Hall–Kier alpha value is -2.67. The maximum absolute atomic E-state index is 12.0. The minimum atomic E-state index is -1.10. The summed E-state index contributed by atoms with van der Waals surface area (Å²) < 4.78 is 6.78. The number of aromatic nitrogens is 2. The number of amides is 1. The summed E-state index contributed by atoms with van der Waals surface area (Å²) in [5.74, 6) is -0.740. The maximum atomic E-state index is 12.0. The average molecular weight is 315 g/mol. The van der Waals surface area contributed by atoms with Gasteiger partial charge in [0, 0.05) is 6.20 Å². The Morgan fingerprint density at radius 3 is 2.78 bits per heavy atom. The van der Waals surface area contributed by atoms with E-state index < -0.39 is 5.97 Å². The van der Waals surface area contributed by atoms with Crippen molar-refractivity contribution in [2.24, 2.45) is 5.92 Å². The number of anilines is 1. The highest BCUT2D eigenvalue weighted by molar-refractivity contribution is 5.93. The van der Waals surface area contributed by atoms with Crippen molar-refractivity contribution in [3.63, 3.8) is 0 Å². The van der Waals surface area contributed by atoms with Crippen molar-refractivity contribution in [1.29, 1.82) is 0 Å². The first kappa shape index (κ1) is 15.2. The average Bonchev–Trinajstić information content (AvgIpc) is 3.21. The smallest absolute Gasteiger partial charge is 0.356 e. The maximum Gasteiger partial charge on any atom is 0.356 e. The zero-order chi connectivity index (χ0) is 16.2. The number of carboxylic acids is 1. The number of carbonyl (C=O) groups is 2. The molecule has 1 aromatic heterocycles. The number of benzene rings is 1. The van der Waals surface area contributed by atoms with Gasteiger partial charge in [-0.05, 0) is 37.0 Å².